The van der Waals surface area contributed by atoms with Crippen molar-refractivity contribution in [2.24, 2.45) is 0 Å². The van der Waals surface area contributed by atoms with E-state index in [0.717, 1.165) is 17.9 Å². The quantitative estimate of drug-likeness (QED) is 0.757. The molecule has 0 fully saturated rings. The average molecular weight is 295 g/mol. The maximum Gasteiger partial charge on any atom is 0.247 e. The smallest absolute Gasteiger partial charge is 0.247 e. The van der Waals surface area contributed by atoms with Crippen LogP contribution in [0.25, 0.3) is 11.5 Å². The van der Waals surface area contributed by atoms with Crippen LogP contribution >= 0.6 is 0 Å². The summed E-state index contributed by atoms with van der Waals surface area (Å²) < 4.78 is 10.9. The van der Waals surface area contributed by atoms with Crippen molar-refractivity contribution < 1.29 is 9.15 Å². The van der Waals surface area contributed by atoms with Gasteiger partial charge in [-0.05, 0) is 23.8 Å². The van der Waals surface area contributed by atoms with Crippen LogP contribution in [0.1, 0.15) is 11.5 Å². The van der Waals surface area contributed by atoms with Crippen LogP contribution in [-0.2, 0) is 13.1 Å². The Kier molecular flexibility index (Phi) is 4.46. The Morgan fingerprint density at radius 1 is 1.00 bits per heavy atom. The lowest BCUT2D eigenvalue weighted by Gasteiger charge is -2.02. The molecule has 1 aromatic heterocycles. The van der Waals surface area contributed by atoms with Crippen LogP contribution in [0, 0.1) is 0 Å². The van der Waals surface area contributed by atoms with Crippen molar-refractivity contribution in [1.29, 1.82) is 0 Å². The molecule has 1 heterocycles. The highest BCUT2D eigenvalue weighted by molar-refractivity contribution is 5.55. The van der Waals surface area contributed by atoms with Crippen molar-refractivity contribution in [1.82, 2.24) is 15.5 Å². The molecule has 5 nitrogen and oxygen atoms in total. The number of hydrogen-bond acceptors (Lipinski definition) is 5. The second kappa shape index (κ2) is 6.87. The van der Waals surface area contributed by atoms with Crippen LogP contribution in [0.5, 0.6) is 5.75 Å². The first-order valence-electron chi connectivity index (χ1n) is 7.06. The highest BCUT2D eigenvalue weighted by Gasteiger charge is 2.09. The largest absolute Gasteiger partial charge is 0.497 e. The molecule has 0 bridgehead atoms. The zero-order chi connectivity index (χ0) is 15.2. The zero-order valence-electron chi connectivity index (χ0n) is 12.3. The third kappa shape index (κ3) is 3.51. The van der Waals surface area contributed by atoms with Gasteiger partial charge in [0.05, 0.1) is 13.7 Å². The minimum Gasteiger partial charge on any atom is -0.497 e. The van der Waals surface area contributed by atoms with Gasteiger partial charge >= 0.3 is 0 Å². The highest BCUT2D eigenvalue weighted by atomic mass is 16.5. The third-order valence-electron chi connectivity index (χ3n) is 3.23. The van der Waals surface area contributed by atoms with E-state index in [1.807, 2.05) is 42.5 Å². The lowest BCUT2D eigenvalue weighted by molar-refractivity contribution is 0.414. The first-order valence-corrected chi connectivity index (χ1v) is 7.06. The molecule has 0 aliphatic rings. The molecule has 3 aromatic rings. The van der Waals surface area contributed by atoms with E-state index in [4.69, 9.17) is 9.15 Å². The lowest BCUT2D eigenvalue weighted by Crippen LogP contribution is -2.12. The molecular weight excluding hydrogens is 278 g/mol. The number of methoxy groups -OCH3 is 1. The van der Waals surface area contributed by atoms with Crippen LogP contribution < -0.4 is 10.1 Å². The molecule has 0 aliphatic heterocycles. The first-order chi connectivity index (χ1) is 10.8. The molecule has 1 N–H and O–H groups in total. The summed E-state index contributed by atoms with van der Waals surface area (Å²) in [5, 5.41) is 11.4. The van der Waals surface area contributed by atoms with Gasteiger partial charge in [-0.1, -0.05) is 36.4 Å². The Balaban J connectivity index is 1.61. The van der Waals surface area contributed by atoms with E-state index in [1.165, 1.54) is 5.56 Å². The van der Waals surface area contributed by atoms with Crippen molar-refractivity contribution in [3.63, 3.8) is 0 Å². The van der Waals surface area contributed by atoms with Gasteiger partial charge in [0, 0.05) is 12.1 Å². The summed E-state index contributed by atoms with van der Waals surface area (Å²) in [5.41, 5.74) is 2.07. The number of nitrogens with zero attached hydrogens (tertiary/aromatic N) is 2. The van der Waals surface area contributed by atoms with Gasteiger partial charge in [-0.2, -0.15) is 0 Å². The van der Waals surface area contributed by atoms with E-state index in [9.17, 15) is 0 Å². The van der Waals surface area contributed by atoms with Gasteiger partial charge < -0.3 is 14.5 Å². The van der Waals surface area contributed by atoms with Crippen LogP contribution in [0.3, 0.4) is 0 Å². The zero-order valence-corrected chi connectivity index (χ0v) is 12.3. The summed E-state index contributed by atoms with van der Waals surface area (Å²) in [6.07, 6.45) is 0. The Morgan fingerprint density at radius 3 is 2.68 bits per heavy atom. The van der Waals surface area contributed by atoms with Gasteiger partial charge in [0.2, 0.25) is 11.8 Å². The summed E-state index contributed by atoms with van der Waals surface area (Å²) in [4.78, 5) is 0. The number of rotatable bonds is 6. The second-order valence-electron chi connectivity index (χ2n) is 4.82. The molecule has 3 rings (SSSR count). The Morgan fingerprint density at radius 2 is 1.86 bits per heavy atom. The van der Waals surface area contributed by atoms with Crippen molar-refractivity contribution in [2.45, 2.75) is 13.1 Å². The van der Waals surface area contributed by atoms with Crippen molar-refractivity contribution >= 4 is 0 Å². The molecule has 0 unspecified atom stereocenters. The van der Waals surface area contributed by atoms with Gasteiger partial charge in [0.25, 0.3) is 0 Å². The summed E-state index contributed by atoms with van der Waals surface area (Å²) in [5.74, 6) is 1.82. The molecule has 2 aromatic carbocycles. The van der Waals surface area contributed by atoms with Gasteiger partial charge in [0.15, 0.2) is 0 Å². The summed E-state index contributed by atoms with van der Waals surface area (Å²) in [6.45, 7) is 1.30. The van der Waals surface area contributed by atoms with Crippen LogP contribution in [-0.4, -0.2) is 17.3 Å². The molecule has 0 radical (unpaired) electrons. The van der Waals surface area contributed by atoms with Gasteiger partial charge in [-0.15, -0.1) is 10.2 Å². The van der Waals surface area contributed by atoms with Gasteiger partial charge in [-0.3, -0.25) is 0 Å². The van der Waals surface area contributed by atoms with Crippen molar-refractivity contribution in [2.75, 3.05) is 7.11 Å². The van der Waals surface area contributed by atoms with Crippen LogP contribution in [0.2, 0.25) is 0 Å². The Bertz CT molecular complexity index is 726. The molecule has 0 saturated carbocycles. The fourth-order valence-electron chi connectivity index (χ4n) is 2.11. The van der Waals surface area contributed by atoms with E-state index in [2.05, 4.69) is 27.6 Å². The van der Waals surface area contributed by atoms with Gasteiger partial charge in [-0.25, -0.2) is 0 Å². The Hall–Kier alpha value is -2.66. The minimum absolute atomic E-state index is 0.496. The SMILES string of the molecule is COc1cccc(-c2nnc(CNCc3ccccc3)o2)c1. The van der Waals surface area contributed by atoms with Gasteiger partial charge in [0.1, 0.15) is 5.75 Å². The van der Waals surface area contributed by atoms with E-state index in [-0.39, 0.29) is 0 Å². The highest BCUT2D eigenvalue weighted by Crippen LogP contribution is 2.22. The fraction of sp³-hybridized carbons (Fsp3) is 0.176. The molecule has 0 amide bonds. The normalized spacial score (nSPS) is 10.6. The maximum absolute atomic E-state index is 5.67. The molecule has 112 valence electrons. The minimum atomic E-state index is 0.496. The third-order valence-corrected chi connectivity index (χ3v) is 3.23. The Labute approximate surface area is 129 Å². The van der Waals surface area contributed by atoms with E-state index in [1.54, 1.807) is 7.11 Å². The fourth-order valence-corrected chi connectivity index (χ4v) is 2.11. The number of benzene rings is 2. The summed E-state index contributed by atoms with van der Waals surface area (Å²) in [6, 6.07) is 17.7. The predicted octanol–water partition coefficient (Wildman–Crippen LogP) is 3.04. The number of hydrogen-bond donors (Lipinski definition) is 1. The standard InChI is InChI=1S/C17H17N3O2/c1-21-15-9-5-8-14(10-15)17-20-19-16(22-17)12-18-11-13-6-3-2-4-7-13/h2-10,18H,11-12H2,1H3. The van der Waals surface area contributed by atoms with E-state index in [0.29, 0.717) is 18.3 Å². The topological polar surface area (TPSA) is 60.2 Å². The average Bonchev–Trinajstić information content (AvgIpc) is 3.05. The van der Waals surface area contributed by atoms with Crippen molar-refractivity contribution in [3.8, 4) is 17.2 Å². The number of nitrogens with one attached hydrogen (secondary N) is 1. The molecule has 22 heavy (non-hydrogen) atoms. The van der Waals surface area contributed by atoms with E-state index >= 15 is 0 Å². The summed E-state index contributed by atoms with van der Waals surface area (Å²) in [7, 11) is 1.63. The maximum atomic E-state index is 5.67. The molecule has 0 spiro atoms. The van der Waals surface area contributed by atoms with Crippen LogP contribution in [0.15, 0.2) is 59.0 Å². The number of aromatic nitrogens is 2. The first kappa shape index (κ1) is 14.3. The number of ether oxygens (including phenoxy) is 1. The molecule has 0 saturated heterocycles. The predicted molar refractivity (Wildman–Crippen MR) is 83.3 cm³/mol. The molecule has 0 aliphatic carbocycles. The van der Waals surface area contributed by atoms with Crippen LogP contribution in [0.4, 0.5) is 0 Å². The molecular formula is C17H17N3O2. The van der Waals surface area contributed by atoms with Crippen molar-refractivity contribution in [3.05, 3.63) is 66.1 Å². The molecule has 0 atom stereocenters. The monoisotopic (exact) mass is 295 g/mol. The van der Waals surface area contributed by atoms with E-state index < -0.39 is 0 Å². The molecule has 5 heteroatoms. The summed E-state index contributed by atoms with van der Waals surface area (Å²) >= 11 is 0. The lowest BCUT2D eigenvalue weighted by atomic mass is 10.2. The second-order valence-corrected chi connectivity index (χ2v) is 4.82.